The third-order valence-corrected chi connectivity index (χ3v) is 6.31. The van der Waals surface area contributed by atoms with Gasteiger partial charge in [0.2, 0.25) is 0 Å². The van der Waals surface area contributed by atoms with Gasteiger partial charge in [0.25, 0.3) is 15.0 Å². The summed E-state index contributed by atoms with van der Waals surface area (Å²) < 4.78 is 23.5. The van der Waals surface area contributed by atoms with Gasteiger partial charge in [0.05, 0.1) is 4.90 Å². The zero-order valence-electron chi connectivity index (χ0n) is 11.8. The summed E-state index contributed by atoms with van der Waals surface area (Å²) in [6.45, 7) is 3.84. The summed E-state index contributed by atoms with van der Waals surface area (Å²) >= 11 is 3.20. The molecule has 2 rings (SSSR count). The number of hydrogen-bond acceptors (Lipinski definition) is 3. The van der Waals surface area contributed by atoms with Gasteiger partial charge in [-0.05, 0) is 59.3 Å². The molecule has 1 aromatic rings. The monoisotopic (exact) mass is 393 g/mol. The second-order valence-corrected chi connectivity index (χ2v) is 8.73. The molecular formula is C14H17BrClNO3S. The van der Waals surface area contributed by atoms with Gasteiger partial charge >= 0.3 is 0 Å². The van der Waals surface area contributed by atoms with Gasteiger partial charge < -0.3 is 5.32 Å². The first kappa shape index (κ1) is 16.8. The molecule has 21 heavy (non-hydrogen) atoms. The number of nitrogens with one attached hydrogen (secondary N) is 1. The SMILES string of the molecule is CCCC1CC1NC(=O)c1cc(C)c(Br)c(S(=O)(=O)Cl)c1. The number of amides is 1. The summed E-state index contributed by atoms with van der Waals surface area (Å²) in [7, 11) is 1.51. The molecule has 0 spiro atoms. The minimum Gasteiger partial charge on any atom is -0.349 e. The van der Waals surface area contributed by atoms with E-state index in [9.17, 15) is 13.2 Å². The molecule has 1 fully saturated rings. The van der Waals surface area contributed by atoms with Crippen LogP contribution in [0.4, 0.5) is 0 Å². The number of rotatable bonds is 5. The Balaban J connectivity index is 2.21. The molecule has 1 aliphatic carbocycles. The molecule has 1 aliphatic rings. The highest BCUT2D eigenvalue weighted by Crippen LogP contribution is 2.35. The largest absolute Gasteiger partial charge is 0.349 e. The van der Waals surface area contributed by atoms with E-state index in [2.05, 4.69) is 28.2 Å². The minimum absolute atomic E-state index is 0.0739. The summed E-state index contributed by atoms with van der Waals surface area (Å²) in [5.41, 5.74) is 0.972. The van der Waals surface area contributed by atoms with Gasteiger partial charge in [-0.25, -0.2) is 8.42 Å². The van der Waals surface area contributed by atoms with Gasteiger partial charge in [-0.1, -0.05) is 13.3 Å². The Morgan fingerprint density at radius 1 is 1.48 bits per heavy atom. The fourth-order valence-electron chi connectivity index (χ4n) is 2.41. The molecule has 1 aromatic carbocycles. The van der Waals surface area contributed by atoms with Crippen molar-refractivity contribution in [3.8, 4) is 0 Å². The molecule has 0 radical (unpaired) electrons. The Labute approximate surface area is 137 Å². The van der Waals surface area contributed by atoms with E-state index in [1.54, 1.807) is 13.0 Å². The molecule has 2 atom stereocenters. The van der Waals surface area contributed by atoms with Crippen molar-refractivity contribution in [3.63, 3.8) is 0 Å². The summed E-state index contributed by atoms with van der Waals surface area (Å²) in [5, 5.41) is 2.94. The Morgan fingerprint density at radius 3 is 2.71 bits per heavy atom. The van der Waals surface area contributed by atoms with Crippen LogP contribution >= 0.6 is 26.6 Å². The van der Waals surface area contributed by atoms with Gasteiger partial charge in [0.1, 0.15) is 0 Å². The summed E-state index contributed by atoms with van der Waals surface area (Å²) in [6, 6.07) is 3.17. The van der Waals surface area contributed by atoms with Crippen LogP contribution in [0.15, 0.2) is 21.5 Å². The fraction of sp³-hybridized carbons (Fsp3) is 0.500. The lowest BCUT2D eigenvalue weighted by molar-refractivity contribution is 0.0948. The molecule has 0 bridgehead atoms. The number of hydrogen-bond donors (Lipinski definition) is 1. The van der Waals surface area contributed by atoms with E-state index in [1.807, 2.05) is 0 Å². The van der Waals surface area contributed by atoms with Crippen LogP contribution in [0.2, 0.25) is 0 Å². The molecule has 2 unspecified atom stereocenters. The summed E-state index contributed by atoms with van der Waals surface area (Å²) in [6.07, 6.45) is 3.20. The average molecular weight is 395 g/mol. The van der Waals surface area contributed by atoms with Crippen molar-refractivity contribution < 1.29 is 13.2 Å². The van der Waals surface area contributed by atoms with Crippen LogP contribution in [0.1, 0.15) is 42.1 Å². The van der Waals surface area contributed by atoms with Crippen molar-refractivity contribution in [3.05, 3.63) is 27.7 Å². The maximum absolute atomic E-state index is 12.2. The topological polar surface area (TPSA) is 63.2 Å². The quantitative estimate of drug-likeness (QED) is 0.776. The van der Waals surface area contributed by atoms with Crippen LogP contribution in [0.25, 0.3) is 0 Å². The highest BCUT2D eigenvalue weighted by molar-refractivity contribution is 9.10. The Kier molecular flexibility index (Phi) is 5.00. The number of halogens is 2. The van der Waals surface area contributed by atoms with Gasteiger partial charge in [0, 0.05) is 26.8 Å². The van der Waals surface area contributed by atoms with Crippen molar-refractivity contribution in [2.75, 3.05) is 0 Å². The maximum atomic E-state index is 12.2. The molecule has 7 heteroatoms. The normalized spacial score (nSPS) is 21.1. The van der Waals surface area contributed by atoms with E-state index in [4.69, 9.17) is 10.7 Å². The van der Waals surface area contributed by atoms with E-state index in [0.717, 1.165) is 19.3 Å². The van der Waals surface area contributed by atoms with Crippen LogP contribution in [0.3, 0.4) is 0 Å². The van der Waals surface area contributed by atoms with Gasteiger partial charge in [-0.15, -0.1) is 0 Å². The van der Waals surface area contributed by atoms with Crippen LogP contribution in [0.5, 0.6) is 0 Å². The molecule has 0 saturated heterocycles. The Hall–Kier alpha value is -0.590. The third-order valence-electron chi connectivity index (χ3n) is 3.64. The molecule has 116 valence electrons. The smallest absolute Gasteiger partial charge is 0.262 e. The van der Waals surface area contributed by atoms with Crippen molar-refractivity contribution in [1.82, 2.24) is 5.32 Å². The molecule has 0 aromatic heterocycles. The molecule has 1 amide bonds. The lowest BCUT2D eigenvalue weighted by atomic mass is 10.1. The minimum atomic E-state index is -3.90. The highest BCUT2D eigenvalue weighted by atomic mass is 79.9. The Bertz CT molecular complexity index is 675. The van der Waals surface area contributed by atoms with Gasteiger partial charge in [-0.2, -0.15) is 0 Å². The van der Waals surface area contributed by atoms with Gasteiger partial charge in [0.15, 0.2) is 0 Å². The number of benzene rings is 1. The van der Waals surface area contributed by atoms with Crippen LogP contribution in [-0.2, 0) is 9.05 Å². The molecule has 4 nitrogen and oxygen atoms in total. The average Bonchev–Trinajstić information content (AvgIpc) is 3.09. The van der Waals surface area contributed by atoms with E-state index in [0.29, 0.717) is 21.5 Å². The standard InChI is InChI=1S/C14H17BrClNO3S/c1-3-4-9-6-11(9)17-14(18)10-5-8(2)13(15)12(7-10)21(16,19)20/h5,7,9,11H,3-4,6H2,1-2H3,(H,17,18). The number of carbonyl (C=O) groups excluding carboxylic acids is 1. The van der Waals surface area contributed by atoms with E-state index in [1.165, 1.54) is 6.07 Å². The second-order valence-electron chi connectivity index (χ2n) is 5.41. The van der Waals surface area contributed by atoms with Crippen molar-refractivity contribution >= 4 is 41.6 Å². The van der Waals surface area contributed by atoms with Crippen LogP contribution < -0.4 is 5.32 Å². The first-order chi connectivity index (χ1) is 9.74. The zero-order valence-corrected chi connectivity index (χ0v) is 15.0. The maximum Gasteiger partial charge on any atom is 0.262 e. The predicted molar refractivity (Wildman–Crippen MR) is 86.2 cm³/mol. The summed E-state index contributed by atoms with van der Waals surface area (Å²) in [4.78, 5) is 12.1. The molecule has 1 N–H and O–H groups in total. The zero-order chi connectivity index (χ0) is 15.8. The molecule has 0 heterocycles. The molecule has 1 saturated carbocycles. The lowest BCUT2D eigenvalue weighted by Gasteiger charge is -2.09. The van der Waals surface area contributed by atoms with Crippen molar-refractivity contribution in [1.29, 1.82) is 0 Å². The molecule has 0 aliphatic heterocycles. The molecular weight excluding hydrogens is 378 g/mol. The first-order valence-corrected chi connectivity index (χ1v) is 9.90. The van der Waals surface area contributed by atoms with Crippen molar-refractivity contribution in [2.24, 2.45) is 5.92 Å². The lowest BCUT2D eigenvalue weighted by Crippen LogP contribution is -2.27. The predicted octanol–water partition coefficient (Wildman–Crippen LogP) is 3.60. The number of aryl methyl sites for hydroxylation is 1. The summed E-state index contributed by atoms with van der Waals surface area (Å²) in [5.74, 6) is 0.294. The van der Waals surface area contributed by atoms with E-state index < -0.39 is 9.05 Å². The third kappa shape index (κ3) is 3.99. The Morgan fingerprint density at radius 2 is 2.14 bits per heavy atom. The van der Waals surface area contributed by atoms with Crippen molar-refractivity contribution in [2.45, 2.75) is 44.0 Å². The van der Waals surface area contributed by atoms with Crippen LogP contribution in [0, 0.1) is 12.8 Å². The second kappa shape index (κ2) is 6.26. The highest BCUT2D eigenvalue weighted by Gasteiger charge is 2.37. The van der Waals surface area contributed by atoms with E-state index in [-0.39, 0.29) is 16.8 Å². The number of carbonyl (C=O) groups is 1. The van der Waals surface area contributed by atoms with Gasteiger partial charge in [-0.3, -0.25) is 4.79 Å². The fourth-order valence-corrected chi connectivity index (χ4v) is 4.57. The first-order valence-electron chi connectivity index (χ1n) is 6.79. The van der Waals surface area contributed by atoms with Crippen LogP contribution in [-0.4, -0.2) is 20.4 Å². The van der Waals surface area contributed by atoms with E-state index >= 15 is 0 Å².